The van der Waals surface area contributed by atoms with E-state index in [2.05, 4.69) is 27.0 Å². The van der Waals surface area contributed by atoms with E-state index < -0.39 is 0 Å². The van der Waals surface area contributed by atoms with Gasteiger partial charge in [-0.3, -0.25) is 4.79 Å². The van der Waals surface area contributed by atoms with Crippen LogP contribution in [0.25, 0.3) is 10.9 Å². The van der Waals surface area contributed by atoms with Crippen molar-refractivity contribution in [2.75, 3.05) is 16.0 Å². The van der Waals surface area contributed by atoms with Gasteiger partial charge in [0, 0.05) is 29.7 Å². The lowest BCUT2D eigenvalue weighted by molar-refractivity contribution is -0.114. The number of aromatic nitrogens is 2. The van der Waals surface area contributed by atoms with Gasteiger partial charge in [0.25, 0.3) is 0 Å². The molecule has 0 bridgehead atoms. The molecule has 1 aromatic heterocycles. The molecule has 6 nitrogen and oxygen atoms in total. The van der Waals surface area contributed by atoms with Crippen molar-refractivity contribution >= 4 is 40.0 Å². The van der Waals surface area contributed by atoms with Crippen molar-refractivity contribution in [3.63, 3.8) is 0 Å². The van der Waals surface area contributed by atoms with Gasteiger partial charge in [-0.15, -0.1) is 0 Å². The normalized spacial score (nSPS) is 14.6. The number of nitrogens with one attached hydrogen (secondary N) is 3. The fourth-order valence-corrected chi connectivity index (χ4v) is 3.69. The molecule has 1 fully saturated rings. The summed E-state index contributed by atoms with van der Waals surface area (Å²) in [6.45, 7) is 1.50. The summed E-state index contributed by atoms with van der Waals surface area (Å²) >= 11 is 0. The predicted molar refractivity (Wildman–Crippen MR) is 114 cm³/mol. The Hall–Kier alpha value is -3.15. The van der Waals surface area contributed by atoms with Gasteiger partial charge in [-0.05, 0) is 43.2 Å². The molecule has 0 spiro atoms. The van der Waals surface area contributed by atoms with Crippen molar-refractivity contribution in [3.05, 3.63) is 48.5 Å². The summed E-state index contributed by atoms with van der Waals surface area (Å²) in [6.07, 6.45) is 6.21. The fourth-order valence-electron chi connectivity index (χ4n) is 3.69. The molecule has 4 rings (SSSR count). The van der Waals surface area contributed by atoms with E-state index in [1.807, 2.05) is 42.5 Å². The van der Waals surface area contributed by atoms with E-state index in [9.17, 15) is 4.79 Å². The first-order valence-electron chi connectivity index (χ1n) is 9.85. The minimum absolute atomic E-state index is 0.0990. The average molecular weight is 375 g/mol. The van der Waals surface area contributed by atoms with Crippen LogP contribution >= 0.6 is 0 Å². The minimum Gasteiger partial charge on any atom is -0.367 e. The van der Waals surface area contributed by atoms with Crippen molar-refractivity contribution in [1.82, 2.24) is 9.97 Å². The molecule has 1 saturated carbocycles. The maximum absolute atomic E-state index is 11.3. The fraction of sp³-hybridized carbons (Fsp3) is 0.318. The molecule has 2 aromatic carbocycles. The van der Waals surface area contributed by atoms with E-state index in [-0.39, 0.29) is 5.91 Å². The van der Waals surface area contributed by atoms with Gasteiger partial charge in [0.15, 0.2) is 0 Å². The summed E-state index contributed by atoms with van der Waals surface area (Å²) in [5.74, 6) is 1.31. The highest BCUT2D eigenvalue weighted by molar-refractivity contribution is 5.91. The Morgan fingerprint density at radius 1 is 0.964 bits per heavy atom. The number of fused-ring (bicyclic) bond motifs is 1. The standard InChI is InChI=1S/C22H25N5O/c1-15(28)23-17-10-7-11-18(14-17)25-22-26-20-13-6-5-12-19(20)21(27-22)24-16-8-3-2-4-9-16/h5-7,10-14,16H,2-4,8-9H2,1H3,(H,23,28)(H2,24,25,26,27). The second-order valence-electron chi connectivity index (χ2n) is 7.28. The lowest BCUT2D eigenvalue weighted by Gasteiger charge is -2.24. The SMILES string of the molecule is CC(=O)Nc1cccc(Nc2nc(NC3CCCCC3)c3ccccc3n2)c1. The topological polar surface area (TPSA) is 78.9 Å². The number of anilines is 4. The second kappa shape index (κ2) is 8.25. The summed E-state index contributed by atoms with van der Waals surface area (Å²) in [7, 11) is 0. The smallest absolute Gasteiger partial charge is 0.229 e. The van der Waals surface area contributed by atoms with Crippen LogP contribution in [0.1, 0.15) is 39.0 Å². The van der Waals surface area contributed by atoms with Crippen LogP contribution in [0.4, 0.5) is 23.1 Å². The molecule has 0 radical (unpaired) electrons. The van der Waals surface area contributed by atoms with Crippen LogP contribution in [0, 0.1) is 0 Å². The third-order valence-corrected chi connectivity index (χ3v) is 4.99. The molecule has 28 heavy (non-hydrogen) atoms. The van der Waals surface area contributed by atoms with Crippen molar-refractivity contribution in [2.45, 2.75) is 45.1 Å². The minimum atomic E-state index is -0.0990. The molecule has 0 saturated heterocycles. The van der Waals surface area contributed by atoms with Crippen molar-refractivity contribution in [3.8, 4) is 0 Å². The van der Waals surface area contributed by atoms with Crippen LogP contribution in [0.2, 0.25) is 0 Å². The summed E-state index contributed by atoms with van der Waals surface area (Å²) in [6, 6.07) is 16.1. The molecule has 0 atom stereocenters. The highest BCUT2D eigenvalue weighted by atomic mass is 16.1. The number of nitrogens with zero attached hydrogens (tertiary/aromatic N) is 2. The average Bonchev–Trinajstić information content (AvgIpc) is 2.68. The Balaban J connectivity index is 1.63. The Bertz CT molecular complexity index is 982. The molecule has 0 unspecified atom stereocenters. The predicted octanol–water partition coefficient (Wildman–Crippen LogP) is 5.08. The van der Waals surface area contributed by atoms with E-state index >= 15 is 0 Å². The van der Waals surface area contributed by atoms with Crippen molar-refractivity contribution in [1.29, 1.82) is 0 Å². The number of carbonyl (C=O) groups excluding carboxylic acids is 1. The van der Waals surface area contributed by atoms with Crippen LogP contribution < -0.4 is 16.0 Å². The molecule has 1 aliphatic rings. The van der Waals surface area contributed by atoms with Crippen LogP contribution in [0.5, 0.6) is 0 Å². The molecule has 6 heteroatoms. The molecular formula is C22H25N5O. The number of amides is 1. The molecule has 144 valence electrons. The summed E-state index contributed by atoms with van der Waals surface area (Å²) in [4.78, 5) is 20.7. The quantitative estimate of drug-likeness (QED) is 0.580. The third-order valence-electron chi connectivity index (χ3n) is 4.99. The van der Waals surface area contributed by atoms with Gasteiger partial charge in [-0.2, -0.15) is 4.98 Å². The monoisotopic (exact) mass is 375 g/mol. The van der Waals surface area contributed by atoms with Crippen molar-refractivity contribution in [2.24, 2.45) is 0 Å². The Morgan fingerprint density at radius 2 is 1.75 bits per heavy atom. The first-order chi connectivity index (χ1) is 13.7. The van der Waals surface area contributed by atoms with Crippen LogP contribution in [-0.2, 0) is 4.79 Å². The van der Waals surface area contributed by atoms with Crippen LogP contribution in [0.3, 0.4) is 0 Å². The van der Waals surface area contributed by atoms with Gasteiger partial charge in [0.1, 0.15) is 5.82 Å². The molecule has 1 heterocycles. The molecule has 0 aliphatic heterocycles. The summed E-state index contributed by atoms with van der Waals surface area (Å²) < 4.78 is 0. The lowest BCUT2D eigenvalue weighted by atomic mass is 9.95. The molecular weight excluding hydrogens is 350 g/mol. The Labute approximate surface area is 164 Å². The molecule has 3 aromatic rings. The number of hydrogen-bond acceptors (Lipinski definition) is 5. The maximum Gasteiger partial charge on any atom is 0.229 e. The van der Waals surface area contributed by atoms with Gasteiger partial charge in [0.05, 0.1) is 5.52 Å². The van der Waals surface area contributed by atoms with Crippen LogP contribution in [-0.4, -0.2) is 21.9 Å². The molecule has 3 N–H and O–H groups in total. The highest BCUT2D eigenvalue weighted by Crippen LogP contribution is 2.27. The Morgan fingerprint density at radius 3 is 2.57 bits per heavy atom. The highest BCUT2D eigenvalue weighted by Gasteiger charge is 2.16. The Kier molecular flexibility index (Phi) is 5.37. The second-order valence-corrected chi connectivity index (χ2v) is 7.28. The molecule has 1 amide bonds. The van der Waals surface area contributed by atoms with Gasteiger partial charge >= 0.3 is 0 Å². The number of rotatable bonds is 5. The largest absolute Gasteiger partial charge is 0.367 e. The number of carbonyl (C=O) groups is 1. The maximum atomic E-state index is 11.3. The van der Waals surface area contributed by atoms with Crippen molar-refractivity contribution < 1.29 is 4.79 Å². The van der Waals surface area contributed by atoms with Gasteiger partial charge in [-0.25, -0.2) is 4.98 Å². The number of para-hydroxylation sites is 1. The van der Waals surface area contributed by atoms with E-state index in [1.54, 1.807) is 0 Å². The van der Waals surface area contributed by atoms with Gasteiger partial charge < -0.3 is 16.0 Å². The van der Waals surface area contributed by atoms with E-state index in [1.165, 1.54) is 39.0 Å². The first-order valence-corrected chi connectivity index (χ1v) is 9.85. The zero-order valence-electron chi connectivity index (χ0n) is 16.0. The van der Waals surface area contributed by atoms with E-state index in [0.717, 1.165) is 28.1 Å². The van der Waals surface area contributed by atoms with E-state index in [4.69, 9.17) is 4.98 Å². The van der Waals surface area contributed by atoms with Crippen LogP contribution in [0.15, 0.2) is 48.5 Å². The zero-order valence-corrected chi connectivity index (χ0v) is 16.0. The third kappa shape index (κ3) is 4.39. The molecule has 1 aliphatic carbocycles. The van der Waals surface area contributed by atoms with Gasteiger partial charge in [-0.1, -0.05) is 37.5 Å². The number of benzene rings is 2. The van der Waals surface area contributed by atoms with E-state index in [0.29, 0.717) is 12.0 Å². The summed E-state index contributed by atoms with van der Waals surface area (Å²) in [5.41, 5.74) is 2.46. The number of hydrogen-bond donors (Lipinski definition) is 3. The first kappa shape index (κ1) is 18.2. The zero-order chi connectivity index (χ0) is 19.3. The lowest BCUT2D eigenvalue weighted by Crippen LogP contribution is -2.23. The summed E-state index contributed by atoms with van der Waals surface area (Å²) in [5, 5.41) is 10.7. The van der Waals surface area contributed by atoms with Gasteiger partial charge in [0.2, 0.25) is 11.9 Å².